The van der Waals surface area contributed by atoms with Crippen LogP contribution in [0.1, 0.15) is 19.3 Å². The van der Waals surface area contributed by atoms with Crippen molar-refractivity contribution < 1.29 is 14.3 Å². The number of halogens is 1. The predicted octanol–water partition coefficient (Wildman–Crippen LogP) is 1.51. The number of rotatable bonds is 5. The Bertz CT molecular complexity index is 439. The van der Waals surface area contributed by atoms with E-state index in [2.05, 4.69) is 10.6 Å². The van der Waals surface area contributed by atoms with Crippen LogP contribution in [0.5, 0.6) is 0 Å². The number of benzene rings is 1. The van der Waals surface area contributed by atoms with E-state index in [1.807, 2.05) is 0 Å². The van der Waals surface area contributed by atoms with Gasteiger partial charge in [-0.1, -0.05) is 12.5 Å². The van der Waals surface area contributed by atoms with Gasteiger partial charge in [0.2, 0.25) is 5.91 Å². The predicted molar refractivity (Wildman–Crippen MR) is 71.2 cm³/mol. The molecule has 0 radical (unpaired) electrons. The summed E-state index contributed by atoms with van der Waals surface area (Å²) in [5.41, 5.74) is 0.452. The molecule has 1 aromatic carbocycles. The van der Waals surface area contributed by atoms with E-state index >= 15 is 0 Å². The molecule has 1 aromatic rings. The fraction of sp³-hybridized carbons (Fsp3) is 0.500. The summed E-state index contributed by atoms with van der Waals surface area (Å²) in [5.74, 6) is -0.347. The normalized spacial score (nSPS) is 22.4. The zero-order chi connectivity index (χ0) is 13.7. The van der Waals surface area contributed by atoms with E-state index < -0.39 is 0 Å². The van der Waals surface area contributed by atoms with Gasteiger partial charge in [0.25, 0.3) is 0 Å². The summed E-state index contributed by atoms with van der Waals surface area (Å²) in [5, 5.41) is 15.3. The summed E-state index contributed by atoms with van der Waals surface area (Å²) in [4.78, 5) is 11.6. The Morgan fingerprint density at radius 3 is 2.95 bits per heavy atom. The minimum atomic E-state index is -0.375. The molecule has 0 saturated heterocycles. The van der Waals surface area contributed by atoms with Gasteiger partial charge in [0, 0.05) is 12.2 Å². The molecule has 2 atom stereocenters. The maximum absolute atomic E-state index is 12.9. The number of hydrogen-bond acceptors (Lipinski definition) is 3. The molecule has 0 bridgehead atoms. The summed E-state index contributed by atoms with van der Waals surface area (Å²) >= 11 is 0. The second-order valence-electron chi connectivity index (χ2n) is 4.95. The van der Waals surface area contributed by atoms with Crippen molar-refractivity contribution in [1.82, 2.24) is 5.32 Å². The lowest BCUT2D eigenvalue weighted by Gasteiger charge is -2.14. The van der Waals surface area contributed by atoms with Crippen molar-refractivity contribution in [3.63, 3.8) is 0 Å². The van der Waals surface area contributed by atoms with E-state index in [-0.39, 0.29) is 30.3 Å². The van der Waals surface area contributed by atoms with Gasteiger partial charge in [0.15, 0.2) is 0 Å². The molecule has 1 fully saturated rings. The van der Waals surface area contributed by atoms with Crippen molar-refractivity contribution in [2.45, 2.75) is 25.4 Å². The first-order chi connectivity index (χ1) is 9.15. The monoisotopic (exact) mass is 266 g/mol. The Morgan fingerprint density at radius 2 is 2.26 bits per heavy atom. The van der Waals surface area contributed by atoms with E-state index in [1.54, 1.807) is 12.1 Å². The van der Waals surface area contributed by atoms with Crippen LogP contribution in [0.2, 0.25) is 0 Å². The molecule has 5 heteroatoms. The molecule has 19 heavy (non-hydrogen) atoms. The van der Waals surface area contributed by atoms with Crippen molar-refractivity contribution in [3.05, 3.63) is 30.1 Å². The molecule has 2 rings (SSSR count). The molecular weight excluding hydrogens is 247 g/mol. The molecule has 1 amide bonds. The van der Waals surface area contributed by atoms with E-state index in [0.717, 1.165) is 19.3 Å². The first kappa shape index (κ1) is 14.0. The smallest absolute Gasteiger partial charge is 0.238 e. The first-order valence-corrected chi connectivity index (χ1v) is 6.59. The highest BCUT2D eigenvalue weighted by molar-refractivity contribution is 5.92. The van der Waals surface area contributed by atoms with Crippen LogP contribution in [0.3, 0.4) is 0 Å². The van der Waals surface area contributed by atoms with Gasteiger partial charge in [0.05, 0.1) is 12.6 Å². The van der Waals surface area contributed by atoms with E-state index in [9.17, 15) is 14.3 Å². The molecule has 0 aromatic heterocycles. The molecule has 1 aliphatic rings. The number of hydrogen-bond donors (Lipinski definition) is 3. The molecule has 0 spiro atoms. The minimum Gasteiger partial charge on any atom is -0.393 e. The Labute approximate surface area is 112 Å². The average molecular weight is 266 g/mol. The van der Waals surface area contributed by atoms with Crippen LogP contribution in [0.25, 0.3) is 0 Å². The fourth-order valence-electron chi connectivity index (χ4n) is 2.40. The van der Waals surface area contributed by atoms with Gasteiger partial charge >= 0.3 is 0 Å². The lowest BCUT2D eigenvalue weighted by atomic mass is 10.1. The molecule has 1 saturated carbocycles. The topological polar surface area (TPSA) is 61.4 Å². The lowest BCUT2D eigenvalue weighted by Crippen LogP contribution is -2.34. The third-order valence-electron chi connectivity index (χ3n) is 3.42. The van der Waals surface area contributed by atoms with Crippen molar-refractivity contribution >= 4 is 11.6 Å². The number of anilines is 1. The summed E-state index contributed by atoms with van der Waals surface area (Å²) < 4.78 is 12.9. The van der Waals surface area contributed by atoms with Crippen LogP contribution in [-0.4, -0.2) is 30.2 Å². The van der Waals surface area contributed by atoms with E-state index in [0.29, 0.717) is 12.2 Å². The lowest BCUT2D eigenvalue weighted by molar-refractivity contribution is -0.115. The number of aliphatic hydroxyl groups excluding tert-OH is 1. The van der Waals surface area contributed by atoms with Crippen molar-refractivity contribution in [2.24, 2.45) is 5.92 Å². The number of aliphatic hydroxyl groups is 1. The van der Waals surface area contributed by atoms with Crippen LogP contribution in [-0.2, 0) is 4.79 Å². The molecule has 2 unspecified atom stereocenters. The maximum atomic E-state index is 12.9. The Hall–Kier alpha value is -1.46. The number of nitrogens with one attached hydrogen (secondary N) is 2. The van der Waals surface area contributed by atoms with E-state index in [4.69, 9.17) is 0 Å². The standard InChI is InChI=1S/C14H19FN2O2/c15-11-4-2-5-12(7-11)17-14(19)9-16-8-10-3-1-6-13(10)18/h2,4-5,7,10,13,16,18H,1,3,6,8-9H2,(H,17,19). The van der Waals surface area contributed by atoms with Gasteiger partial charge in [-0.2, -0.15) is 0 Å². The van der Waals surface area contributed by atoms with Gasteiger partial charge in [-0.3, -0.25) is 4.79 Å². The largest absolute Gasteiger partial charge is 0.393 e. The Balaban J connectivity index is 1.70. The Kier molecular flexibility index (Phi) is 4.87. The molecule has 4 nitrogen and oxygen atoms in total. The quantitative estimate of drug-likeness (QED) is 0.757. The van der Waals surface area contributed by atoms with Gasteiger partial charge < -0.3 is 15.7 Å². The average Bonchev–Trinajstić information content (AvgIpc) is 2.75. The summed E-state index contributed by atoms with van der Waals surface area (Å²) in [6.45, 7) is 0.803. The highest BCUT2D eigenvalue weighted by atomic mass is 19.1. The highest BCUT2D eigenvalue weighted by Crippen LogP contribution is 2.24. The third-order valence-corrected chi connectivity index (χ3v) is 3.42. The van der Waals surface area contributed by atoms with Crippen LogP contribution >= 0.6 is 0 Å². The molecule has 0 aliphatic heterocycles. The molecule has 104 valence electrons. The van der Waals surface area contributed by atoms with Crippen molar-refractivity contribution in [3.8, 4) is 0 Å². The van der Waals surface area contributed by atoms with Gasteiger partial charge in [0.1, 0.15) is 5.82 Å². The summed E-state index contributed by atoms with van der Waals surface area (Å²) in [6.07, 6.45) is 2.64. The minimum absolute atomic E-state index is 0.166. The molecule has 1 aliphatic carbocycles. The molecule has 0 heterocycles. The maximum Gasteiger partial charge on any atom is 0.238 e. The highest BCUT2D eigenvalue weighted by Gasteiger charge is 2.24. The third kappa shape index (κ3) is 4.29. The van der Waals surface area contributed by atoms with Gasteiger partial charge in [-0.15, -0.1) is 0 Å². The number of carbonyl (C=O) groups is 1. The fourth-order valence-corrected chi connectivity index (χ4v) is 2.40. The van der Waals surface area contributed by atoms with Crippen molar-refractivity contribution in [1.29, 1.82) is 0 Å². The molecule has 3 N–H and O–H groups in total. The number of amides is 1. The summed E-state index contributed by atoms with van der Waals surface area (Å²) in [6, 6.07) is 5.79. The van der Waals surface area contributed by atoms with Gasteiger partial charge in [-0.05, 0) is 37.0 Å². The molecular formula is C14H19FN2O2. The van der Waals surface area contributed by atoms with Crippen molar-refractivity contribution in [2.75, 3.05) is 18.4 Å². The van der Waals surface area contributed by atoms with Crippen LogP contribution in [0.15, 0.2) is 24.3 Å². The zero-order valence-electron chi connectivity index (χ0n) is 10.7. The zero-order valence-corrected chi connectivity index (χ0v) is 10.7. The number of carbonyl (C=O) groups excluding carboxylic acids is 1. The van der Waals surface area contributed by atoms with E-state index in [1.165, 1.54) is 12.1 Å². The Morgan fingerprint density at radius 1 is 1.42 bits per heavy atom. The SMILES string of the molecule is O=C(CNCC1CCCC1O)Nc1cccc(F)c1. The summed E-state index contributed by atoms with van der Waals surface area (Å²) in [7, 11) is 0. The second kappa shape index (κ2) is 6.63. The van der Waals surface area contributed by atoms with Crippen LogP contribution < -0.4 is 10.6 Å². The van der Waals surface area contributed by atoms with Gasteiger partial charge in [-0.25, -0.2) is 4.39 Å². The van der Waals surface area contributed by atoms with Crippen LogP contribution in [0, 0.1) is 11.7 Å². The first-order valence-electron chi connectivity index (χ1n) is 6.59. The second-order valence-corrected chi connectivity index (χ2v) is 4.95. The van der Waals surface area contributed by atoms with Crippen LogP contribution in [0.4, 0.5) is 10.1 Å².